The van der Waals surface area contributed by atoms with Crippen LogP contribution in [0.1, 0.15) is 30.9 Å². The van der Waals surface area contributed by atoms with Crippen molar-refractivity contribution in [2.45, 2.75) is 26.7 Å². The molecule has 0 heterocycles. The summed E-state index contributed by atoms with van der Waals surface area (Å²) in [5.41, 5.74) is 2.76. The zero-order chi connectivity index (χ0) is 11.1. The predicted octanol–water partition coefficient (Wildman–Crippen LogP) is 5.77. The van der Waals surface area contributed by atoms with Gasteiger partial charge in [0.05, 0.1) is 0 Å². The Morgan fingerprint density at radius 2 is 1.36 bits per heavy atom. The van der Waals surface area contributed by atoms with Crippen molar-refractivity contribution in [3.63, 3.8) is 0 Å². The van der Waals surface area contributed by atoms with Crippen molar-refractivity contribution in [2.24, 2.45) is 0 Å². The maximum absolute atomic E-state index is 2.46. The van der Waals surface area contributed by atoms with Gasteiger partial charge in [0.25, 0.3) is 0 Å². The molecular weight excluding hydrogens is 602 g/mol. The van der Waals surface area contributed by atoms with Gasteiger partial charge >= 0.3 is 64.7 Å². The van der Waals surface area contributed by atoms with Crippen LogP contribution in [-0.4, -0.2) is 0 Å². The van der Waals surface area contributed by atoms with E-state index in [2.05, 4.69) is 104 Å². The molecule has 0 spiro atoms. The van der Waals surface area contributed by atoms with Crippen molar-refractivity contribution < 1.29 is 5.41 Å². The summed E-state index contributed by atoms with van der Waals surface area (Å²) in [5.74, 6) is 0.653. The molecule has 0 aliphatic heterocycles. The quantitative estimate of drug-likeness (QED) is 0.278. The molecule has 0 unspecified atom stereocenters. The SMILES string of the molecule is Cc1ccc(C(C)C)cc1.[I][Ru]([I])[I]. The molecule has 0 radical (unpaired) electrons. The number of aryl methyl sites for hydroxylation is 1. The van der Waals surface area contributed by atoms with E-state index in [-0.39, 0.29) is 5.41 Å². The molecule has 0 atom stereocenters. The molecule has 14 heavy (non-hydrogen) atoms. The first-order chi connectivity index (χ1) is 6.43. The van der Waals surface area contributed by atoms with E-state index >= 15 is 0 Å². The number of benzene rings is 1. The van der Waals surface area contributed by atoms with Crippen molar-refractivity contribution in [1.29, 1.82) is 0 Å². The summed E-state index contributed by atoms with van der Waals surface area (Å²) in [4.78, 5) is 0. The molecule has 0 amide bonds. The molecule has 0 aromatic heterocycles. The van der Waals surface area contributed by atoms with Crippen LogP contribution in [0.5, 0.6) is 0 Å². The molecule has 83 valence electrons. The Labute approximate surface area is 124 Å². The Balaban J connectivity index is 0.000000364. The summed E-state index contributed by atoms with van der Waals surface area (Å²) in [6.45, 7) is 6.54. The third kappa shape index (κ3) is 9.27. The summed E-state index contributed by atoms with van der Waals surface area (Å²) in [5, 5.41) is -0.260. The summed E-state index contributed by atoms with van der Waals surface area (Å²) in [6.07, 6.45) is 0. The molecule has 0 saturated heterocycles. The van der Waals surface area contributed by atoms with Gasteiger partial charge in [-0.3, -0.25) is 0 Å². The van der Waals surface area contributed by atoms with Crippen molar-refractivity contribution in [1.82, 2.24) is 0 Å². The van der Waals surface area contributed by atoms with Crippen LogP contribution in [0.2, 0.25) is 0 Å². The van der Waals surface area contributed by atoms with Crippen LogP contribution >= 0.6 is 59.3 Å². The van der Waals surface area contributed by atoms with Gasteiger partial charge in [0.15, 0.2) is 0 Å². The van der Waals surface area contributed by atoms with Crippen LogP contribution in [0.15, 0.2) is 24.3 Å². The molecule has 1 aromatic carbocycles. The van der Waals surface area contributed by atoms with Gasteiger partial charge in [-0.2, -0.15) is 0 Å². The average Bonchev–Trinajstić information content (AvgIpc) is 2.03. The second-order valence-electron chi connectivity index (χ2n) is 3.22. The molecule has 1 aromatic rings. The van der Waals surface area contributed by atoms with E-state index < -0.39 is 0 Å². The van der Waals surface area contributed by atoms with Crippen LogP contribution in [-0.2, 0) is 5.41 Å². The van der Waals surface area contributed by atoms with Crippen LogP contribution in [0, 0.1) is 6.92 Å². The van der Waals surface area contributed by atoms with Gasteiger partial charge in [-0.15, -0.1) is 0 Å². The second-order valence-corrected chi connectivity index (χ2v) is 43.4. The standard InChI is InChI=1S/C10H14.3HI.Ru/c1-8(2)10-6-4-9(3)5-7-10;;;;/h4-8H,1-3H3;3*1H;/q;;;;+3/p-3. The van der Waals surface area contributed by atoms with Crippen molar-refractivity contribution in [3.05, 3.63) is 35.4 Å². The van der Waals surface area contributed by atoms with Gasteiger partial charge in [0.1, 0.15) is 0 Å². The Morgan fingerprint density at radius 3 is 1.64 bits per heavy atom. The first kappa shape index (κ1) is 16.0. The van der Waals surface area contributed by atoms with Gasteiger partial charge < -0.3 is 0 Å². The summed E-state index contributed by atoms with van der Waals surface area (Å²) in [7, 11) is 0. The van der Waals surface area contributed by atoms with Gasteiger partial charge in [-0.1, -0.05) is 43.7 Å². The molecule has 0 fully saturated rings. The van der Waals surface area contributed by atoms with E-state index in [0.29, 0.717) is 5.92 Å². The fraction of sp³-hybridized carbons (Fsp3) is 0.400. The summed E-state index contributed by atoms with van der Waals surface area (Å²) in [6, 6.07) is 8.71. The first-order valence-electron chi connectivity index (χ1n) is 4.17. The van der Waals surface area contributed by atoms with Gasteiger partial charge in [0, 0.05) is 0 Å². The van der Waals surface area contributed by atoms with E-state index in [4.69, 9.17) is 0 Å². The first-order valence-corrected chi connectivity index (χ1v) is 19.7. The molecule has 0 nitrogen and oxygen atoms in total. The topological polar surface area (TPSA) is 0 Å². The maximum atomic E-state index is 2.46. The van der Waals surface area contributed by atoms with Crippen molar-refractivity contribution in [3.8, 4) is 0 Å². The predicted molar refractivity (Wildman–Crippen MR) is 87.3 cm³/mol. The fourth-order valence-corrected chi connectivity index (χ4v) is 0.951. The summed E-state index contributed by atoms with van der Waals surface area (Å²) < 4.78 is 0. The van der Waals surface area contributed by atoms with Gasteiger partial charge in [-0.25, -0.2) is 0 Å². The monoisotopic (exact) mass is 617 g/mol. The average molecular weight is 616 g/mol. The van der Waals surface area contributed by atoms with Crippen molar-refractivity contribution >= 4 is 59.3 Å². The second kappa shape index (κ2) is 9.10. The molecular formula is C10H14I3Ru. The molecule has 0 aliphatic carbocycles. The van der Waals surface area contributed by atoms with Gasteiger partial charge in [-0.05, 0) is 18.4 Å². The van der Waals surface area contributed by atoms with Crippen LogP contribution in [0.4, 0.5) is 0 Å². The van der Waals surface area contributed by atoms with Crippen LogP contribution < -0.4 is 0 Å². The third-order valence-electron chi connectivity index (χ3n) is 1.74. The Hall–Kier alpha value is 2.03. The number of halogens is 3. The Bertz CT molecular complexity index is 241. The third-order valence-corrected chi connectivity index (χ3v) is 1.74. The van der Waals surface area contributed by atoms with Gasteiger partial charge in [0.2, 0.25) is 0 Å². The molecule has 0 N–H and O–H groups in total. The van der Waals surface area contributed by atoms with Crippen molar-refractivity contribution in [2.75, 3.05) is 0 Å². The molecule has 0 bridgehead atoms. The minimum atomic E-state index is -0.260. The number of hydrogen-bond acceptors (Lipinski definition) is 0. The zero-order valence-electron chi connectivity index (χ0n) is 8.37. The van der Waals surface area contributed by atoms with E-state index in [1.54, 1.807) is 0 Å². The van der Waals surface area contributed by atoms with E-state index in [1.807, 2.05) is 0 Å². The fourth-order valence-electron chi connectivity index (χ4n) is 0.951. The number of hydrogen-bond donors (Lipinski definition) is 0. The molecule has 0 aliphatic rings. The molecule has 0 saturated carbocycles. The van der Waals surface area contributed by atoms with E-state index in [9.17, 15) is 0 Å². The minimum absolute atomic E-state index is 0.260. The summed E-state index contributed by atoms with van der Waals surface area (Å²) >= 11 is 7.38. The zero-order valence-corrected chi connectivity index (χ0v) is 16.6. The Morgan fingerprint density at radius 1 is 1.00 bits per heavy atom. The van der Waals surface area contributed by atoms with Crippen LogP contribution in [0.25, 0.3) is 0 Å². The Kier molecular flexibility index (Phi) is 10.4. The number of rotatable bonds is 1. The normalized spacial score (nSPS) is 10.6. The molecule has 4 heteroatoms. The van der Waals surface area contributed by atoms with E-state index in [0.717, 1.165) is 0 Å². The van der Waals surface area contributed by atoms with Crippen LogP contribution in [0.3, 0.4) is 0 Å². The van der Waals surface area contributed by atoms with E-state index in [1.165, 1.54) is 11.1 Å². The molecule has 1 rings (SSSR count).